The Balaban J connectivity index is 2.03. The van der Waals surface area contributed by atoms with Crippen LogP contribution in [0.4, 0.5) is 0 Å². The van der Waals surface area contributed by atoms with Gasteiger partial charge in [0.2, 0.25) is 11.7 Å². The van der Waals surface area contributed by atoms with Gasteiger partial charge in [-0.15, -0.1) is 0 Å². The molecule has 6 nitrogen and oxygen atoms in total. The standard InChI is InChI=1S/C18H19NO5/c20-16(9-4-10-17(21)22)19-14(12-13-6-2-1-3-7-13)18(23)15-8-5-11-24-15/h1-3,5-8,11,14H,4,9-10,12H2,(H,19,20)(H,21,22). The topological polar surface area (TPSA) is 96.6 Å². The second-order valence-corrected chi connectivity index (χ2v) is 5.40. The Morgan fingerprint density at radius 2 is 1.79 bits per heavy atom. The van der Waals surface area contributed by atoms with Gasteiger partial charge in [-0.25, -0.2) is 0 Å². The Morgan fingerprint density at radius 3 is 2.42 bits per heavy atom. The zero-order valence-electron chi connectivity index (χ0n) is 13.1. The number of hydrogen-bond acceptors (Lipinski definition) is 4. The smallest absolute Gasteiger partial charge is 0.303 e. The van der Waals surface area contributed by atoms with Crippen LogP contribution in [0.15, 0.2) is 53.1 Å². The lowest BCUT2D eigenvalue weighted by Crippen LogP contribution is -2.42. The SMILES string of the molecule is O=C(O)CCCC(=O)NC(Cc1ccccc1)C(=O)c1ccco1. The molecular weight excluding hydrogens is 310 g/mol. The van der Waals surface area contributed by atoms with Crippen LogP contribution in [0.2, 0.25) is 0 Å². The molecule has 1 aromatic heterocycles. The molecule has 0 aliphatic carbocycles. The Bertz CT molecular complexity index is 679. The maximum absolute atomic E-state index is 12.5. The van der Waals surface area contributed by atoms with E-state index in [1.165, 1.54) is 6.26 Å². The van der Waals surface area contributed by atoms with Crippen molar-refractivity contribution in [2.45, 2.75) is 31.7 Å². The summed E-state index contributed by atoms with van der Waals surface area (Å²) in [5.41, 5.74) is 0.910. The molecule has 0 fully saturated rings. The van der Waals surface area contributed by atoms with Crippen LogP contribution in [0.25, 0.3) is 0 Å². The van der Waals surface area contributed by atoms with Crippen molar-refractivity contribution in [2.75, 3.05) is 0 Å². The van der Waals surface area contributed by atoms with Crippen LogP contribution in [-0.2, 0) is 16.0 Å². The quantitative estimate of drug-likeness (QED) is 0.689. The van der Waals surface area contributed by atoms with Gasteiger partial charge in [-0.05, 0) is 24.1 Å². The molecule has 0 aliphatic rings. The summed E-state index contributed by atoms with van der Waals surface area (Å²) in [6, 6.07) is 11.8. The fourth-order valence-corrected chi connectivity index (χ4v) is 2.32. The highest BCUT2D eigenvalue weighted by Gasteiger charge is 2.24. The van der Waals surface area contributed by atoms with Crippen LogP contribution >= 0.6 is 0 Å². The number of carbonyl (C=O) groups is 3. The summed E-state index contributed by atoms with van der Waals surface area (Å²) >= 11 is 0. The van der Waals surface area contributed by atoms with Crippen molar-refractivity contribution in [3.63, 3.8) is 0 Å². The summed E-state index contributed by atoms with van der Waals surface area (Å²) in [5.74, 6) is -1.43. The van der Waals surface area contributed by atoms with Gasteiger partial charge in [-0.3, -0.25) is 14.4 Å². The normalized spacial score (nSPS) is 11.7. The molecule has 126 valence electrons. The van der Waals surface area contributed by atoms with Crippen molar-refractivity contribution in [2.24, 2.45) is 0 Å². The number of hydrogen-bond donors (Lipinski definition) is 2. The first-order chi connectivity index (χ1) is 11.6. The minimum Gasteiger partial charge on any atom is -0.481 e. The van der Waals surface area contributed by atoms with Gasteiger partial charge < -0.3 is 14.8 Å². The lowest BCUT2D eigenvalue weighted by Gasteiger charge is -2.17. The van der Waals surface area contributed by atoms with Crippen LogP contribution < -0.4 is 5.32 Å². The predicted molar refractivity (Wildman–Crippen MR) is 86.6 cm³/mol. The number of carboxylic acids is 1. The highest BCUT2D eigenvalue weighted by molar-refractivity contribution is 6.00. The Morgan fingerprint density at radius 1 is 1.04 bits per heavy atom. The highest BCUT2D eigenvalue weighted by Crippen LogP contribution is 2.11. The van der Waals surface area contributed by atoms with Crippen molar-refractivity contribution >= 4 is 17.7 Å². The Labute approximate surface area is 139 Å². The maximum Gasteiger partial charge on any atom is 0.303 e. The molecule has 2 rings (SSSR count). The van der Waals surface area contributed by atoms with Crippen molar-refractivity contribution < 1.29 is 23.9 Å². The summed E-state index contributed by atoms with van der Waals surface area (Å²) in [6.45, 7) is 0. The molecule has 1 heterocycles. The Kier molecular flexibility index (Phi) is 6.31. The van der Waals surface area contributed by atoms with E-state index in [1.54, 1.807) is 12.1 Å². The molecular formula is C18H19NO5. The monoisotopic (exact) mass is 329 g/mol. The summed E-state index contributed by atoms with van der Waals surface area (Å²) in [6.07, 6.45) is 1.95. The maximum atomic E-state index is 12.5. The van der Waals surface area contributed by atoms with E-state index < -0.39 is 12.0 Å². The van der Waals surface area contributed by atoms with Crippen LogP contribution in [-0.4, -0.2) is 28.8 Å². The fourth-order valence-electron chi connectivity index (χ4n) is 2.32. The number of benzene rings is 1. The van der Waals surface area contributed by atoms with E-state index in [2.05, 4.69) is 5.32 Å². The van der Waals surface area contributed by atoms with Crippen LogP contribution in [0, 0.1) is 0 Å². The lowest BCUT2D eigenvalue weighted by molar-refractivity contribution is -0.137. The van der Waals surface area contributed by atoms with E-state index in [9.17, 15) is 14.4 Å². The molecule has 1 unspecified atom stereocenters. The first-order valence-corrected chi connectivity index (χ1v) is 7.69. The molecule has 2 aromatic rings. The van der Waals surface area contributed by atoms with Crippen LogP contribution in [0.3, 0.4) is 0 Å². The summed E-state index contributed by atoms with van der Waals surface area (Å²) in [4.78, 5) is 35.0. The molecule has 0 bridgehead atoms. The number of aliphatic carboxylic acids is 1. The zero-order chi connectivity index (χ0) is 17.4. The molecule has 0 saturated carbocycles. The lowest BCUT2D eigenvalue weighted by atomic mass is 10.0. The van der Waals surface area contributed by atoms with Crippen molar-refractivity contribution in [1.29, 1.82) is 0 Å². The molecule has 1 aromatic carbocycles. The molecule has 6 heteroatoms. The van der Waals surface area contributed by atoms with E-state index in [0.29, 0.717) is 6.42 Å². The molecule has 0 radical (unpaired) electrons. The molecule has 0 aliphatic heterocycles. The van der Waals surface area contributed by atoms with Gasteiger partial charge >= 0.3 is 5.97 Å². The number of rotatable bonds is 9. The van der Waals surface area contributed by atoms with Gasteiger partial charge in [0.05, 0.1) is 12.3 Å². The molecule has 0 saturated heterocycles. The number of carbonyl (C=O) groups excluding carboxylic acids is 2. The largest absolute Gasteiger partial charge is 0.481 e. The molecule has 1 amide bonds. The number of amides is 1. The van der Waals surface area contributed by atoms with Gasteiger partial charge in [0.15, 0.2) is 5.76 Å². The molecule has 1 atom stereocenters. The van der Waals surface area contributed by atoms with E-state index in [-0.39, 0.29) is 36.7 Å². The minimum atomic E-state index is -0.949. The summed E-state index contributed by atoms with van der Waals surface area (Å²) < 4.78 is 5.13. The van der Waals surface area contributed by atoms with E-state index in [0.717, 1.165) is 5.56 Å². The first kappa shape index (κ1) is 17.5. The van der Waals surface area contributed by atoms with E-state index >= 15 is 0 Å². The molecule has 0 spiro atoms. The predicted octanol–water partition coefficient (Wildman–Crippen LogP) is 2.44. The average Bonchev–Trinajstić information content (AvgIpc) is 3.08. The third kappa shape index (κ3) is 5.39. The number of furan rings is 1. The van der Waals surface area contributed by atoms with Crippen molar-refractivity contribution in [3.05, 3.63) is 60.1 Å². The van der Waals surface area contributed by atoms with Gasteiger partial charge in [0, 0.05) is 19.3 Å². The second kappa shape index (κ2) is 8.67. The average molecular weight is 329 g/mol. The van der Waals surface area contributed by atoms with Crippen molar-refractivity contribution in [3.8, 4) is 0 Å². The number of nitrogens with one attached hydrogen (secondary N) is 1. The van der Waals surface area contributed by atoms with Gasteiger partial charge in [-0.2, -0.15) is 0 Å². The van der Waals surface area contributed by atoms with Gasteiger partial charge in [0.25, 0.3) is 0 Å². The molecule has 24 heavy (non-hydrogen) atoms. The first-order valence-electron chi connectivity index (χ1n) is 7.69. The fraction of sp³-hybridized carbons (Fsp3) is 0.278. The van der Waals surface area contributed by atoms with Gasteiger partial charge in [0.1, 0.15) is 0 Å². The third-order valence-corrected chi connectivity index (χ3v) is 3.49. The molecule has 2 N–H and O–H groups in total. The summed E-state index contributed by atoms with van der Waals surface area (Å²) in [7, 11) is 0. The number of carboxylic acid groups (broad SMARTS) is 1. The second-order valence-electron chi connectivity index (χ2n) is 5.40. The van der Waals surface area contributed by atoms with Crippen LogP contribution in [0.1, 0.15) is 35.4 Å². The highest BCUT2D eigenvalue weighted by atomic mass is 16.4. The third-order valence-electron chi connectivity index (χ3n) is 3.49. The van der Waals surface area contributed by atoms with Gasteiger partial charge in [-0.1, -0.05) is 30.3 Å². The number of ketones is 1. The summed E-state index contributed by atoms with van der Waals surface area (Å²) in [5, 5.41) is 11.3. The minimum absolute atomic E-state index is 0.0586. The zero-order valence-corrected chi connectivity index (χ0v) is 13.1. The van der Waals surface area contributed by atoms with Crippen molar-refractivity contribution in [1.82, 2.24) is 5.32 Å². The number of Topliss-reactive ketones (excluding diaryl/α,β-unsaturated/α-hetero) is 1. The Hall–Kier alpha value is -2.89. The van der Waals surface area contributed by atoms with E-state index in [1.807, 2.05) is 30.3 Å². The van der Waals surface area contributed by atoms with Crippen LogP contribution in [0.5, 0.6) is 0 Å². The van der Waals surface area contributed by atoms with E-state index in [4.69, 9.17) is 9.52 Å².